The van der Waals surface area contributed by atoms with E-state index in [4.69, 9.17) is 5.11 Å². The van der Waals surface area contributed by atoms with Crippen molar-refractivity contribution in [3.63, 3.8) is 0 Å². The Hall–Kier alpha value is -0.570. The number of aliphatic hydroxyl groups excluding tert-OH is 1. The lowest BCUT2D eigenvalue weighted by molar-refractivity contribution is -0.131. The number of amides is 1. The first-order valence-electron chi connectivity index (χ1n) is 7.18. The Labute approximate surface area is 104 Å². The normalized spacial score (nSPS) is 26.4. The van der Waals surface area contributed by atoms with Crippen LogP contribution in [0.2, 0.25) is 0 Å². The van der Waals surface area contributed by atoms with E-state index in [1.165, 1.54) is 32.1 Å². The summed E-state index contributed by atoms with van der Waals surface area (Å²) in [6.45, 7) is 2.05. The topological polar surface area (TPSA) is 40.5 Å². The summed E-state index contributed by atoms with van der Waals surface area (Å²) in [6, 6.07) is 0. The van der Waals surface area contributed by atoms with Crippen molar-refractivity contribution in [1.82, 2.24) is 4.90 Å². The summed E-state index contributed by atoms with van der Waals surface area (Å²) in [5, 5.41) is 8.91. The van der Waals surface area contributed by atoms with Crippen molar-refractivity contribution in [2.24, 2.45) is 11.8 Å². The minimum absolute atomic E-state index is 0.259. The fourth-order valence-corrected chi connectivity index (χ4v) is 3.24. The van der Waals surface area contributed by atoms with Gasteiger partial charge in [0.1, 0.15) is 0 Å². The molecule has 1 unspecified atom stereocenters. The first kappa shape index (κ1) is 12.9. The molecule has 1 saturated heterocycles. The van der Waals surface area contributed by atoms with Crippen molar-refractivity contribution in [3.05, 3.63) is 0 Å². The van der Waals surface area contributed by atoms with Gasteiger partial charge in [-0.25, -0.2) is 0 Å². The molecule has 0 spiro atoms. The van der Waals surface area contributed by atoms with Gasteiger partial charge in [0.15, 0.2) is 0 Å². The number of hydrogen-bond donors (Lipinski definition) is 1. The van der Waals surface area contributed by atoms with Crippen LogP contribution in [0.3, 0.4) is 0 Å². The average Bonchev–Trinajstić information content (AvgIpc) is 2.79. The molecule has 3 heteroatoms. The van der Waals surface area contributed by atoms with Gasteiger partial charge < -0.3 is 10.0 Å². The van der Waals surface area contributed by atoms with Gasteiger partial charge in [-0.1, -0.05) is 19.3 Å². The van der Waals surface area contributed by atoms with E-state index in [0.717, 1.165) is 32.4 Å². The summed E-state index contributed by atoms with van der Waals surface area (Å²) < 4.78 is 0. The number of rotatable bonds is 4. The van der Waals surface area contributed by atoms with E-state index in [0.29, 0.717) is 17.7 Å². The van der Waals surface area contributed by atoms with Gasteiger partial charge >= 0.3 is 0 Å². The van der Waals surface area contributed by atoms with Gasteiger partial charge in [-0.15, -0.1) is 0 Å². The minimum atomic E-state index is 0.259. The lowest BCUT2D eigenvalue weighted by Crippen LogP contribution is -2.30. The zero-order valence-electron chi connectivity index (χ0n) is 10.7. The van der Waals surface area contributed by atoms with Crippen LogP contribution in [0.4, 0.5) is 0 Å². The first-order valence-corrected chi connectivity index (χ1v) is 7.18. The van der Waals surface area contributed by atoms with Gasteiger partial charge in [-0.3, -0.25) is 4.79 Å². The second-order valence-electron chi connectivity index (χ2n) is 5.71. The number of aliphatic hydroxyl groups is 1. The third-order valence-electron chi connectivity index (χ3n) is 4.36. The molecule has 2 aliphatic rings. The molecule has 1 N–H and O–H groups in total. The van der Waals surface area contributed by atoms with Crippen LogP contribution in [-0.2, 0) is 4.79 Å². The van der Waals surface area contributed by atoms with Gasteiger partial charge in [-0.05, 0) is 37.5 Å². The number of carbonyl (C=O) groups excluding carboxylic acids is 1. The molecule has 17 heavy (non-hydrogen) atoms. The second kappa shape index (κ2) is 6.39. The number of carbonyl (C=O) groups is 1. The monoisotopic (exact) mass is 239 g/mol. The fraction of sp³-hybridized carbons (Fsp3) is 0.929. The fourth-order valence-electron chi connectivity index (χ4n) is 3.24. The summed E-state index contributed by atoms with van der Waals surface area (Å²) in [5.41, 5.74) is 0. The van der Waals surface area contributed by atoms with Crippen molar-refractivity contribution >= 4 is 5.91 Å². The molecule has 3 nitrogen and oxygen atoms in total. The van der Waals surface area contributed by atoms with Gasteiger partial charge in [0, 0.05) is 26.1 Å². The van der Waals surface area contributed by atoms with Crippen LogP contribution in [0.15, 0.2) is 0 Å². The predicted octanol–water partition coefficient (Wildman–Crippen LogP) is 2.19. The van der Waals surface area contributed by atoms with Crippen molar-refractivity contribution in [2.75, 3.05) is 19.7 Å². The molecule has 2 rings (SSSR count). The molecule has 1 aliphatic carbocycles. The Kier molecular flexibility index (Phi) is 4.84. The lowest BCUT2D eigenvalue weighted by atomic mass is 9.87. The Morgan fingerprint density at radius 3 is 2.59 bits per heavy atom. The zero-order chi connectivity index (χ0) is 12.1. The van der Waals surface area contributed by atoms with Gasteiger partial charge in [0.05, 0.1) is 0 Å². The molecule has 1 saturated carbocycles. The summed E-state index contributed by atoms with van der Waals surface area (Å²) in [6.07, 6.45) is 9.18. The van der Waals surface area contributed by atoms with Crippen molar-refractivity contribution in [3.8, 4) is 0 Å². The van der Waals surface area contributed by atoms with Crippen LogP contribution < -0.4 is 0 Å². The van der Waals surface area contributed by atoms with E-state index in [2.05, 4.69) is 0 Å². The smallest absolute Gasteiger partial charge is 0.222 e. The number of likely N-dealkylation sites (tertiary alicyclic amines) is 1. The third-order valence-corrected chi connectivity index (χ3v) is 4.36. The van der Waals surface area contributed by atoms with Gasteiger partial charge in [0.25, 0.3) is 0 Å². The zero-order valence-corrected chi connectivity index (χ0v) is 10.7. The van der Waals surface area contributed by atoms with E-state index < -0.39 is 0 Å². The second-order valence-corrected chi connectivity index (χ2v) is 5.71. The van der Waals surface area contributed by atoms with Crippen LogP contribution in [0.5, 0.6) is 0 Å². The largest absolute Gasteiger partial charge is 0.396 e. The molecular formula is C14H25NO2. The van der Waals surface area contributed by atoms with Crippen LogP contribution >= 0.6 is 0 Å². The highest BCUT2D eigenvalue weighted by Crippen LogP contribution is 2.28. The van der Waals surface area contributed by atoms with E-state index >= 15 is 0 Å². The molecular weight excluding hydrogens is 214 g/mol. The van der Waals surface area contributed by atoms with Gasteiger partial charge in [-0.2, -0.15) is 0 Å². The highest BCUT2D eigenvalue weighted by atomic mass is 16.3. The summed E-state index contributed by atoms with van der Waals surface area (Å²) in [5.74, 6) is 1.54. The highest BCUT2D eigenvalue weighted by Gasteiger charge is 2.27. The number of hydrogen-bond acceptors (Lipinski definition) is 2. The maximum atomic E-state index is 12.1. The number of nitrogens with zero attached hydrogens (tertiary/aromatic N) is 1. The Bertz CT molecular complexity index is 249. The molecule has 1 amide bonds. The molecule has 98 valence electrons. The Balaban J connectivity index is 1.72. The first-order chi connectivity index (χ1) is 8.29. The summed E-state index contributed by atoms with van der Waals surface area (Å²) in [7, 11) is 0. The Morgan fingerprint density at radius 2 is 1.88 bits per heavy atom. The van der Waals surface area contributed by atoms with Crippen molar-refractivity contribution in [1.29, 1.82) is 0 Å². The molecule has 1 atom stereocenters. The summed E-state index contributed by atoms with van der Waals surface area (Å²) >= 11 is 0. The van der Waals surface area contributed by atoms with Crippen LogP contribution in [0, 0.1) is 11.8 Å². The molecule has 1 heterocycles. The SMILES string of the molecule is O=C(CC1CCCCC1)N1CCC(CCO)C1. The Morgan fingerprint density at radius 1 is 1.12 bits per heavy atom. The lowest BCUT2D eigenvalue weighted by Gasteiger charge is -2.24. The molecule has 2 fully saturated rings. The average molecular weight is 239 g/mol. The van der Waals surface area contributed by atoms with Gasteiger partial charge in [0.2, 0.25) is 5.91 Å². The maximum Gasteiger partial charge on any atom is 0.222 e. The van der Waals surface area contributed by atoms with Crippen molar-refractivity contribution < 1.29 is 9.90 Å². The minimum Gasteiger partial charge on any atom is -0.396 e. The third kappa shape index (κ3) is 3.70. The van der Waals surface area contributed by atoms with E-state index in [1.54, 1.807) is 0 Å². The van der Waals surface area contributed by atoms with Crippen molar-refractivity contribution in [2.45, 2.75) is 51.4 Å². The van der Waals surface area contributed by atoms with E-state index in [-0.39, 0.29) is 6.61 Å². The molecule has 0 aromatic rings. The predicted molar refractivity (Wildman–Crippen MR) is 67.6 cm³/mol. The molecule has 0 bridgehead atoms. The molecule has 1 aliphatic heterocycles. The molecule has 0 aromatic heterocycles. The summed E-state index contributed by atoms with van der Waals surface area (Å²) in [4.78, 5) is 14.1. The van der Waals surface area contributed by atoms with E-state index in [9.17, 15) is 4.79 Å². The van der Waals surface area contributed by atoms with Crippen LogP contribution in [0.25, 0.3) is 0 Å². The van der Waals surface area contributed by atoms with E-state index in [1.807, 2.05) is 4.90 Å². The highest BCUT2D eigenvalue weighted by molar-refractivity contribution is 5.76. The van der Waals surface area contributed by atoms with Crippen LogP contribution in [0.1, 0.15) is 51.4 Å². The molecule has 0 aromatic carbocycles. The van der Waals surface area contributed by atoms with Crippen LogP contribution in [-0.4, -0.2) is 35.6 Å². The quantitative estimate of drug-likeness (QED) is 0.817. The molecule has 0 radical (unpaired) electrons. The standard InChI is InChI=1S/C14H25NO2/c16-9-7-13-6-8-15(11-13)14(17)10-12-4-2-1-3-5-12/h12-13,16H,1-11H2. The maximum absolute atomic E-state index is 12.1.